The van der Waals surface area contributed by atoms with Crippen molar-refractivity contribution >= 4 is 19.2 Å². The Morgan fingerprint density at radius 2 is 1.71 bits per heavy atom. The maximum absolute atomic E-state index is 12.1. The summed E-state index contributed by atoms with van der Waals surface area (Å²) in [5.74, 6) is -2.17. The van der Waals surface area contributed by atoms with Gasteiger partial charge < -0.3 is 4.74 Å². The van der Waals surface area contributed by atoms with E-state index in [1.807, 2.05) is 19.6 Å². The second kappa shape index (κ2) is 4.52. The number of benzene rings is 1. The summed E-state index contributed by atoms with van der Waals surface area (Å²) in [4.78, 5) is 10.8. The SMILES string of the molecule is C[Si](C)(C)c1ccccc1OC(=O)C(F)(F)F. The topological polar surface area (TPSA) is 26.3 Å². The summed E-state index contributed by atoms with van der Waals surface area (Å²) in [5, 5.41) is 0.692. The van der Waals surface area contributed by atoms with E-state index in [1.54, 1.807) is 18.2 Å². The summed E-state index contributed by atoms with van der Waals surface area (Å²) in [7, 11) is -1.85. The van der Waals surface area contributed by atoms with Crippen molar-refractivity contribution in [2.45, 2.75) is 25.8 Å². The Morgan fingerprint density at radius 1 is 1.18 bits per heavy atom. The number of halogens is 3. The average molecular weight is 262 g/mol. The molecule has 6 heteroatoms. The summed E-state index contributed by atoms with van der Waals surface area (Å²) < 4.78 is 40.7. The smallest absolute Gasteiger partial charge is 0.420 e. The second-order valence-corrected chi connectivity index (χ2v) is 9.67. The van der Waals surface area contributed by atoms with Crippen molar-refractivity contribution in [3.63, 3.8) is 0 Å². The molecule has 0 unspecified atom stereocenters. The molecule has 0 radical (unpaired) electrons. The molecule has 0 spiro atoms. The van der Waals surface area contributed by atoms with E-state index in [1.165, 1.54) is 6.07 Å². The molecule has 0 bridgehead atoms. The third-order valence-electron chi connectivity index (χ3n) is 2.13. The lowest BCUT2D eigenvalue weighted by molar-refractivity contribution is -0.189. The standard InChI is InChI=1S/C11H13F3O2Si/c1-17(2,3)9-7-5-4-6-8(9)16-10(15)11(12,13)14/h4-7H,1-3H3. The van der Waals surface area contributed by atoms with E-state index >= 15 is 0 Å². The zero-order valence-electron chi connectivity index (χ0n) is 9.76. The third kappa shape index (κ3) is 3.59. The fourth-order valence-electron chi connectivity index (χ4n) is 1.33. The summed E-state index contributed by atoms with van der Waals surface area (Å²) >= 11 is 0. The highest BCUT2D eigenvalue weighted by atomic mass is 28.3. The molecule has 17 heavy (non-hydrogen) atoms. The number of para-hydroxylation sites is 1. The van der Waals surface area contributed by atoms with Crippen molar-refractivity contribution in [2.24, 2.45) is 0 Å². The molecule has 2 nitrogen and oxygen atoms in total. The van der Waals surface area contributed by atoms with Crippen molar-refractivity contribution < 1.29 is 22.7 Å². The van der Waals surface area contributed by atoms with Crippen LogP contribution in [0.2, 0.25) is 19.6 Å². The molecule has 0 atom stereocenters. The first-order valence-corrected chi connectivity index (χ1v) is 8.51. The van der Waals surface area contributed by atoms with Crippen LogP contribution in [-0.2, 0) is 4.79 Å². The van der Waals surface area contributed by atoms with E-state index in [0.29, 0.717) is 5.19 Å². The lowest BCUT2D eigenvalue weighted by atomic mass is 10.3. The molecule has 0 aliphatic rings. The highest BCUT2D eigenvalue weighted by Crippen LogP contribution is 2.20. The number of ether oxygens (including phenoxy) is 1. The van der Waals surface area contributed by atoms with Crippen LogP contribution in [0, 0.1) is 0 Å². The zero-order chi connectivity index (χ0) is 13.3. The Bertz CT molecular complexity index is 421. The summed E-state index contributed by atoms with van der Waals surface area (Å²) in [6, 6.07) is 6.35. The Balaban J connectivity index is 3.04. The van der Waals surface area contributed by atoms with E-state index in [-0.39, 0.29) is 5.75 Å². The largest absolute Gasteiger partial charge is 0.491 e. The van der Waals surface area contributed by atoms with E-state index in [4.69, 9.17) is 0 Å². The number of alkyl halides is 3. The van der Waals surface area contributed by atoms with Gasteiger partial charge in [0.2, 0.25) is 0 Å². The van der Waals surface area contributed by atoms with Gasteiger partial charge in [0.15, 0.2) is 0 Å². The van der Waals surface area contributed by atoms with Crippen LogP contribution in [0.5, 0.6) is 5.75 Å². The van der Waals surface area contributed by atoms with Crippen molar-refractivity contribution in [1.82, 2.24) is 0 Å². The molecule has 1 aromatic rings. The number of rotatable bonds is 2. The van der Waals surface area contributed by atoms with Gasteiger partial charge in [0.25, 0.3) is 0 Å². The van der Waals surface area contributed by atoms with E-state index < -0.39 is 20.2 Å². The molecule has 0 aromatic heterocycles. The number of hydrogen-bond acceptors (Lipinski definition) is 2. The molecule has 94 valence electrons. The van der Waals surface area contributed by atoms with Crippen LogP contribution >= 0.6 is 0 Å². The van der Waals surface area contributed by atoms with Crippen molar-refractivity contribution in [2.75, 3.05) is 0 Å². The zero-order valence-corrected chi connectivity index (χ0v) is 10.8. The second-order valence-electron chi connectivity index (χ2n) is 4.63. The minimum absolute atomic E-state index is 0.00833. The highest BCUT2D eigenvalue weighted by molar-refractivity contribution is 6.89. The predicted octanol–water partition coefficient (Wildman–Crippen LogP) is 2.70. The third-order valence-corrected chi connectivity index (χ3v) is 4.16. The number of carbonyl (C=O) groups excluding carboxylic acids is 1. The van der Waals surface area contributed by atoms with Crippen molar-refractivity contribution in [3.05, 3.63) is 24.3 Å². The minimum Gasteiger partial charge on any atom is -0.420 e. The van der Waals surface area contributed by atoms with Gasteiger partial charge in [-0.2, -0.15) is 13.2 Å². The molecule has 0 fully saturated rings. The summed E-state index contributed by atoms with van der Waals surface area (Å²) in [6.07, 6.45) is -4.97. The maximum Gasteiger partial charge on any atom is 0.491 e. The van der Waals surface area contributed by atoms with Crippen LogP contribution in [-0.4, -0.2) is 20.2 Å². The molecule has 0 amide bonds. The van der Waals surface area contributed by atoms with E-state index in [0.717, 1.165) is 0 Å². The fourth-order valence-corrected chi connectivity index (χ4v) is 2.80. The first-order valence-electron chi connectivity index (χ1n) is 5.01. The minimum atomic E-state index is -4.97. The molecule has 0 aliphatic carbocycles. The molecule has 0 saturated carbocycles. The molecule has 0 aliphatic heterocycles. The van der Waals surface area contributed by atoms with E-state index in [2.05, 4.69) is 4.74 Å². The Kier molecular flexibility index (Phi) is 3.66. The van der Waals surface area contributed by atoms with Crippen LogP contribution < -0.4 is 9.92 Å². The fraction of sp³-hybridized carbons (Fsp3) is 0.364. The average Bonchev–Trinajstić information content (AvgIpc) is 2.15. The monoisotopic (exact) mass is 262 g/mol. The van der Waals surface area contributed by atoms with Gasteiger partial charge >= 0.3 is 12.1 Å². The quantitative estimate of drug-likeness (QED) is 0.465. The predicted molar refractivity (Wildman–Crippen MR) is 61.1 cm³/mol. The van der Waals surface area contributed by atoms with Crippen molar-refractivity contribution in [3.8, 4) is 5.75 Å². The lowest BCUT2D eigenvalue weighted by Gasteiger charge is -2.20. The Hall–Kier alpha value is -1.30. The van der Waals surface area contributed by atoms with Crippen LogP contribution in [0.4, 0.5) is 13.2 Å². The molecular formula is C11H13F3O2Si. The van der Waals surface area contributed by atoms with Gasteiger partial charge in [-0.25, -0.2) is 4.79 Å². The first-order chi connectivity index (χ1) is 7.62. The molecule has 0 N–H and O–H groups in total. The number of carbonyl (C=O) groups is 1. The molecule has 0 heterocycles. The van der Waals surface area contributed by atoms with Crippen LogP contribution in [0.1, 0.15) is 0 Å². The molecule has 1 aromatic carbocycles. The van der Waals surface area contributed by atoms with Gasteiger partial charge in [0.1, 0.15) is 5.75 Å². The maximum atomic E-state index is 12.1. The van der Waals surface area contributed by atoms with Gasteiger partial charge in [0, 0.05) is 0 Å². The Labute approximate surface area is 98.4 Å². The highest BCUT2D eigenvalue weighted by Gasteiger charge is 2.42. The first kappa shape index (κ1) is 13.8. The Morgan fingerprint density at radius 3 is 2.18 bits per heavy atom. The normalized spacial score (nSPS) is 12.4. The van der Waals surface area contributed by atoms with Gasteiger partial charge in [-0.3, -0.25) is 0 Å². The van der Waals surface area contributed by atoms with Gasteiger partial charge in [-0.05, 0) is 11.3 Å². The number of esters is 1. The molecule has 1 rings (SSSR count). The molecular weight excluding hydrogens is 249 g/mol. The van der Waals surface area contributed by atoms with E-state index in [9.17, 15) is 18.0 Å². The summed E-state index contributed by atoms with van der Waals surface area (Å²) in [5.41, 5.74) is 0. The summed E-state index contributed by atoms with van der Waals surface area (Å²) in [6.45, 7) is 5.90. The van der Waals surface area contributed by atoms with Gasteiger partial charge in [-0.1, -0.05) is 37.8 Å². The van der Waals surface area contributed by atoms with Crippen LogP contribution in [0.15, 0.2) is 24.3 Å². The van der Waals surface area contributed by atoms with Crippen LogP contribution in [0.25, 0.3) is 0 Å². The lowest BCUT2D eigenvalue weighted by Crippen LogP contribution is -2.40. The van der Waals surface area contributed by atoms with Gasteiger partial charge in [-0.15, -0.1) is 0 Å². The molecule has 0 saturated heterocycles. The van der Waals surface area contributed by atoms with Gasteiger partial charge in [0.05, 0.1) is 8.07 Å². The van der Waals surface area contributed by atoms with Crippen molar-refractivity contribution in [1.29, 1.82) is 0 Å². The number of hydrogen-bond donors (Lipinski definition) is 0. The van der Waals surface area contributed by atoms with Crippen LogP contribution in [0.3, 0.4) is 0 Å².